The lowest BCUT2D eigenvalue weighted by atomic mass is 9.91. The van der Waals surface area contributed by atoms with E-state index in [9.17, 15) is 5.11 Å². The molecule has 1 rings (SSSR count). The Morgan fingerprint density at radius 2 is 1.93 bits per heavy atom. The smallest absolute Gasteiger partial charge is 0.183 e. The molecular formula is C9H18O5. The summed E-state index contributed by atoms with van der Waals surface area (Å²) in [6.07, 6.45) is -2.16. The van der Waals surface area contributed by atoms with Gasteiger partial charge >= 0.3 is 0 Å². The predicted molar refractivity (Wildman–Crippen MR) is 48.7 cm³/mol. The molecule has 14 heavy (non-hydrogen) atoms. The molecule has 84 valence electrons. The maximum absolute atomic E-state index is 9.74. The largest absolute Gasteiger partial charge is 0.394 e. The van der Waals surface area contributed by atoms with E-state index in [4.69, 9.17) is 19.3 Å². The van der Waals surface area contributed by atoms with E-state index in [-0.39, 0.29) is 18.6 Å². The van der Waals surface area contributed by atoms with Crippen LogP contribution in [0.15, 0.2) is 0 Å². The molecule has 2 N–H and O–H groups in total. The number of aliphatic hydroxyl groups excluding tert-OH is 2. The first kappa shape index (κ1) is 11.9. The molecule has 5 unspecified atom stereocenters. The fourth-order valence-electron chi connectivity index (χ4n) is 1.82. The fraction of sp³-hybridized carbons (Fsp3) is 1.00. The summed E-state index contributed by atoms with van der Waals surface area (Å²) in [7, 11) is 3.00. The summed E-state index contributed by atoms with van der Waals surface area (Å²) in [6, 6.07) is 0. The van der Waals surface area contributed by atoms with Crippen molar-refractivity contribution < 1.29 is 24.4 Å². The Morgan fingerprint density at radius 3 is 2.36 bits per heavy atom. The zero-order valence-electron chi connectivity index (χ0n) is 8.71. The highest BCUT2D eigenvalue weighted by molar-refractivity contribution is 4.87. The first-order valence-electron chi connectivity index (χ1n) is 4.65. The molecule has 0 aromatic carbocycles. The highest BCUT2D eigenvalue weighted by atomic mass is 16.7. The van der Waals surface area contributed by atoms with E-state index in [0.717, 1.165) is 0 Å². The third kappa shape index (κ3) is 2.07. The monoisotopic (exact) mass is 206 g/mol. The Hall–Kier alpha value is -0.200. The zero-order valence-corrected chi connectivity index (χ0v) is 8.71. The number of ether oxygens (including phenoxy) is 3. The Morgan fingerprint density at radius 1 is 1.29 bits per heavy atom. The highest BCUT2D eigenvalue weighted by Gasteiger charge is 2.42. The van der Waals surface area contributed by atoms with Gasteiger partial charge in [-0.1, -0.05) is 6.92 Å². The summed E-state index contributed by atoms with van der Waals surface area (Å²) in [6.45, 7) is 1.70. The van der Waals surface area contributed by atoms with Crippen LogP contribution < -0.4 is 0 Å². The number of methoxy groups -OCH3 is 2. The van der Waals surface area contributed by atoms with Gasteiger partial charge in [-0.2, -0.15) is 0 Å². The lowest BCUT2D eigenvalue weighted by Crippen LogP contribution is -2.55. The van der Waals surface area contributed by atoms with Crippen molar-refractivity contribution >= 4 is 0 Å². The minimum atomic E-state index is -0.729. The van der Waals surface area contributed by atoms with E-state index in [1.54, 1.807) is 0 Å². The summed E-state index contributed by atoms with van der Waals surface area (Å²) in [4.78, 5) is 0. The molecule has 0 bridgehead atoms. The third-order valence-corrected chi connectivity index (χ3v) is 2.70. The van der Waals surface area contributed by atoms with E-state index in [1.165, 1.54) is 14.2 Å². The second kappa shape index (κ2) is 5.04. The van der Waals surface area contributed by atoms with Crippen LogP contribution in [0.5, 0.6) is 0 Å². The topological polar surface area (TPSA) is 68.2 Å². The van der Waals surface area contributed by atoms with Crippen molar-refractivity contribution in [2.24, 2.45) is 5.92 Å². The van der Waals surface area contributed by atoms with Gasteiger partial charge in [0.1, 0.15) is 12.2 Å². The normalized spacial score (nSPS) is 43.9. The summed E-state index contributed by atoms with van der Waals surface area (Å²) < 4.78 is 15.5. The molecule has 0 aromatic heterocycles. The van der Waals surface area contributed by atoms with Gasteiger partial charge < -0.3 is 24.4 Å². The van der Waals surface area contributed by atoms with Gasteiger partial charge in [-0.15, -0.1) is 0 Å². The van der Waals surface area contributed by atoms with Crippen molar-refractivity contribution in [3.63, 3.8) is 0 Å². The van der Waals surface area contributed by atoms with E-state index >= 15 is 0 Å². The van der Waals surface area contributed by atoms with Crippen LogP contribution in [0.3, 0.4) is 0 Å². The van der Waals surface area contributed by atoms with Crippen LogP contribution in [-0.4, -0.2) is 55.6 Å². The quantitative estimate of drug-likeness (QED) is 0.643. The molecule has 0 radical (unpaired) electrons. The molecule has 1 aliphatic rings. The van der Waals surface area contributed by atoms with Gasteiger partial charge in [0.25, 0.3) is 0 Å². The lowest BCUT2D eigenvalue weighted by molar-refractivity contribution is -0.283. The van der Waals surface area contributed by atoms with Crippen LogP contribution in [-0.2, 0) is 14.2 Å². The summed E-state index contributed by atoms with van der Waals surface area (Å²) >= 11 is 0. The Balaban J connectivity index is 2.71. The van der Waals surface area contributed by atoms with Crippen LogP contribution in [0.2, 0.25) is 0 Å². The molecule has 5 atom stereocenters. The van der Waals surface area contributed by atoms with Crippen LogP contribution in [0.4, 0.5) is 0 Å². The minimum absolute atomic E-state index is 0.129. The van der Waals surface area contributed by atoms with Crippen LogP contribution in [0.1, 0.15) is 6.92 Å². The maximum atomic E-state index is 9.74. The summed E-state index contributed by atoms with van der Waals surface area (Å²) in [5, 5.41) is 18.8. The lowest BCUT2D eigenvalue weighted by Gasteiger charge is -2.41. The Bertz CT molecular complexity index is 173. The molecule has 5 heteroatoms. The number of rotatable bonds is 3. The molecule has 1 fully saturated rings. The molecule has 0 amide bonds. The van der Waals surface area contributed by atoms with Crippen LogP contribution in [0, 0.1) is 5.92 Å². The number of hydrogen-bond donors (Lipinski definition) is 2. The molecule has 1 heterocycles. The average molecular weight is 206 g/mol. The van der Waals surface area contributed by atoms with Gasteiger partial charge in [0.05, 0.1) is 12.7 Å². The minimum Gasteiger partial charge on any atom is -0.394 e. The van der Waals surface area contributed by atoms with Crippen molar-refractivity contribution in [1.82, 2.24) is 0 Å². The molecular weight excluding hydrogens is 188 g/mol. The van der Waals surface area contributed by atoms with Crippen molar-refractivity contribution in [2.75, 3.05) is 20.8 Å². The van der Waals surface area contributed by atoms with Gasteiger partial charge in [0.15, 0.2) is 6.29 Å². The van der Waals surface area contributed by atoms with Gasteiger partial charge in [-0.05, 0) is 0 Å². The molecule has 1 aliphatic heterocycles. The van der Waals surface area contributed by atoms with Gasteiger partial charge in [-0.3, -0.25) is 0 Å². The molecule has 0 saturated carbocycles. The standard InChI is InChI=1S/C9H18O5/c1-5-7(11)9(13-3)14-6(4-10)8(5)12-2/h5-11H,4H2,1-3H3. The average Bonchev–Trinajstić information content (AvgIpc) is 2.21. The van der Waals surface area contributed by atoms with Gasteiger partial charge in [0.2, 0.25) is 0 Å². The molecule has 5 nitrogen and oxygen atoms in total. The maximum Gasteiger partial charge on any atom is 0.183 e. The molecule has 0 spiro atoms. The first-order valence-corrected chi connectivity index (χ1v) is 4.65. The van der Waals surface area contributed by atoms with E-state index in [0.29, 0.717) is 0 Å². The van der Waals surface area contributed by atoms with E-state index in [2.05, 4.69) is 0 Å². The summed E-state index contributed by atoms with van der Waals surface area (Å²) in [5.41, 5.74) is 0. The van der Waals surface area contributed by atoms with Crippen molar-refractivity contribution in [3.05, 3.63) is 0 Å². The molecule has 1 saturated heterocycles. The zero-order chi connectivity index (χ0) is 10.7. The Labute approximate surface area is 83.6 Å². The van der Waals surface area contributed by atoms with Gasteiger partial charge in [0, 0.05) is 20.1 Å². The fourth-order valence-corrected chi connectivity index (χ4v) is 1.82. The van der Waals surface area contributed by atoms with Crippen LogP contribution >= 0.6 is 0 Å². The second-order valence-corrected chi connectivity index (χ2v) is 3.51. The van der Waals surface area contributed by atoms with Crippen LogP contribution in [0.25, 0.3) is 0 Å². The van der Waals surface area contributed by atoms with Crippen molar-refractivity contribution in [3.8, 4) is 0 Å². The first-order chi connectivity index (χ1) is 6.65. The van der Waals surface area contributed by atoms with Crippen molar-refractivity contribution in [1.29, 1.82) is 0 Å². The number of hydrogen-bond acceptors (Lipinski definition) is 5. The predicted octanol–water partition coefficient (Wildman–Crippen LogP) is -0.638. The second-order valence-electron chi connectivity index (χ2n) is 3.51. The van der Waals surface area contributed by atoms with Crippen molar-refractivity contribution in [2.45, 2.75) is 31.5 Å². The Kier molecular flexibility index (Phi) is 4.28. The van der Waals surface area contributed by atoms with E-state index in [1.807, 2.05) is 6.92 Å². The third-order valence-electron chi connectivity index (χ3n) is 2.70. The van der Waals surface area contributed by atoms with E-state index < -0.39 is 18.5 Å². The number of aliphatic hydroxyl groups is 2. The summed E-state index contributed by atoms with van der Waals surface area (Å²) in [5.74, 6) is -0.129. The molecule has 0 aromatic rings. The van der Waals surface area contributed by atoms with Gasteiger partial charge in [-0.25, -0.2) is 0 Å². The molecule has 0 aliphatic carbocycles. The SMILES string of the molecule is COC1OC(CO)C(OC)C(C)C1O. The highest BCUT2D eigenvalue weighted by Crippen LogP contribution is 2.27.